The molecule has 0 saturated heterocycles. The normalized spacial score (nSPS) is 10.5. The van der Waals surface area contributed by atoms with E-state index in [1.807, 2.05) is 43.3 Å². The number of carboxylic acids is 1. The fraction of sp³-hybridized carbons (Fsp3) is 0.0588. The molecule has 0 atom stereocenters. The molecule has 21 heavy (non-hydrogen) atoms. The van der Waals surface area contributed by atoms with Gasteiger partial charge in [-0.15, -0.1) is 0 Å². The summed E-state index contributed by atoms with van der Waals surface area (Å²) in [5.41, 5.74) is 3.42. The number of aryl methyl sites for hydroxylation is 1. The SMILES string of the molecule is Cc1ccc(C(=O)O)c(Nc2cccc3cccnc23)c1. The van der Waals surface area contributed by atoms with E-state index in [2.05, 4.69) is 10.3 Å². The highest BCUT2D eigenvalue weighted by molar-refractivity contribution is 5.98. The molecule has 1 heterocycles. The summed E-state index contributed by atoms with van der Waals surface area (Å²) in [7, 11) is 0. The van der Waals surface area contributed by atoms with Crippen molar-refractivity contribution in [1.82, 2.24) is 4.98 Å². The molecule has 3 rings (SSSR count). The average molecular weight is 278 g/mol. The molecule has 1 aromatic heterocycles. The topological polar surface area (TPSA) is 62.2 Å². The monoisotopic (exact) mass is 278 g/mol. The number of rotatable bonds is 3. The maximum atomic E-state index is 11.3. The smallest absolute Gasteiger partial charge is 0.337 e. The largest absolute Gasteiger partial charge is 0.478 e. The van der Waals surface area contributed by atoms with Crippen molar-refractivity contribution in [3.8, 4) is 0 Å². The van der Waals surface area contributed by atoms with Crippen molar-refractivity contribution in [3.63, 3.8) is 0 Å². The van der Waals surface area contributed by atoms with Crippen molar-refractivity contribution >= 4 is 28.2 Å². The van der Waals surface area contributed by atoms with Crippen LogP contribution in [0.5, 0.6) is 0 Å². The van der Waals surface area contributed by atoms with E-state index in [4.69, 9.17) is 0 Å². The van der Waals surface area contributed by atoms with Gasteiger partial charge in [-0.1, -0.05) is 24.3 Å². The van der Waals surface area contributed by atoms with Gasteiger partial charge in [-0.25, -0.2) is 4.79 Å². The molecule has 2 aromatic carbocycles. The lowest BCUT2D eigenvalue weighted by Gasteiger charge is -2.12. The van der Waals surface area contributed by atoms with E-state index in [0.29, 0.717) is 5.69 Å². The number of fused-ring (bicyclic) bond motifs is 1. The van der Waals surface area contributed by atoms with Crippen LogP contribution in [0.4, 0.5) is 11.4 Å². The van der Waals surface area contributed by atoms with Gasteiger partial charge in [0.25, 0.3) is 0 Å². The fourth-order valence-corrected chi connectivity index (χ4v) is 2.30. The summed E-state index contributed by atoms with van der Waals surface area (Å²) in [5, 5.41) is 13.5. The summed E-state index contributed by atoms with van der Waals surface area (Å²) in [6.45, 7) is 1.93. The molecule has 0 aliphatic carbocycles. The molecular formula is C17H14N2O2. The molecule has 0 aliphatic rings. The third kappa shape index (κ3) is 2.56. The molecule has 0 spiro atoms. The number of benzene rings is 2. The van der Waals surface area contributed by atoms with Crippen molar-refractivity contribution in [2.45, 2.75) is 6.92 Å². The number of carboxylic acid groups (broad SMARTS) is 1. The molecule has 3 aromatic rings. The van der Waals surface area contributed by atoms with Crippen LogP contribution in [0.3, 0.4) is 0 Å². The molecule has 0 amide bonds. The van der Waals surface area contributed by atoms with Crippen LogP contribution in [0.1, 0.15) is 15.9 Å². The molecule has 0 fully saturated rings. The quantitative estimate of drug-likeness (QED) is 0.760. The molecule has 0 radical (unpaired) electrons. The van der Waals surface area contributed by atoms with Crippen LogP contribution in [0.15, 0.2) is 54.7 Å². The number of nitrogens with one attached hydrogen (secondary N) is 1. The third-order valence-electron chi connectivity index (χ3n) is 3.31. The number of nitrogens with zero attached hydrogens (tertiary/aromatic N) is 1. The zero-order chi connectivity index (χ0) is 14.8. The standard InChI is InChI=1S/C17H14N2O2/c1-11-7-8-13(17(20)21)15(10-11)19-14-6-2-4-12-5-3-9-18-16(12)14/h2-10,19H,1H3,(H,20,21). The number of aromatic nitrogens is 1. The molecule has 0 aliphatic heterocycles. The lowest BCUT2D eigenvalue weighted by molar-refractivity contribution is 0.0698. The molecule has 4 heteroatoms. The number of anilines is 2. The molecule has 0 unspecified atom stereocenters. The molecule has 4 nitrogen and oxygen atoms in total. The van der Waals surface area contributed by atoms with Crippen molar-refractivity contribution in [3.05, 3.63) is 65.9 Å². The third-order valence-corrected chi connectivity index (χ3v) is 3.31. The first-order valence-electron chi connectivity index (χ1n) is 6.60. The predicted molar refractivity (Wildman–Crippen MR) is 83.2 cm³/mol. The highest BCUT2D eigenvalue weighted by Gasteiger charge is 2.11. The van der Waals surface area contributed by atoms with Crippen molar-refractivity contribution < 1.29 is 9.90 Å². The van der Waals surface area contributed by atoms with Gasteiger partial charge in [0.15, 0.2) is 0 Å². The fourth-order valence-electron chi connectivity index (χ4n) is 2.30. The Morgan fingerprint density at radius 3 is 2.71 bits per heavy atom. The highest BCUT2D eigenvalue weighted by Crippen LogP contribution is 2.27. The van der Waals surface area contributed by atoms with Crippen LogP contribution in [0.2, 0.25) is 0 Å². The number of para-hydroxylation sites is 1. The molecule has 0 saturated carbocycles. The molecule has 2 N–H and O–H groups in total. The molecule has 104 valence electrons. The number of aromatic carboxylic acids is 1. The Morgan fingerprint density at radius 1 is 1.10 bits per heavy atom. The van der Waals surface area contributed by atoms with Crippen LogP contribution < -0.4 is 5.32 Å². The van der Waals surface area contributed by atoms with E-state index in [-0.39, 0.29) is 5.56 Å². The van der Waals surface area contributed by atoms with Crippen LogP contribution in [-0.4, -0.2) is 16.1 Å². The Balaban J connectivity index is 2.11. The Labute approximate surface area is 122 Å². The van der Waals surface area contributed by atoms with Gasteiger partial charge in [0.1, 0.15) is 0 Å². The first-order chi connectivity index (χ1) is 10.1. The van der Waals surface area contributed by atoms with Crippen LogP contribution in [0, 0.1) is 6.92 Å². The summed E-state index contributed by atoms with van der Waals surface area (Å²) in [6.07, 6.45) is 1.72. The summed E-state index contributed by atoms with van der Waals surface area (Å²) < 4.78 is 0. The highest BCUT2D eigenvalue weighted by atomic mass is 16.4. The molecule has 0 bridgehead atoms. The van der Waals surface area contributed by atoms with E-state index < -0.39 is 5.97 Å². The Bertz CT molecular complexity index is 823. The van der Waals surface area contributed by atoms with Crippen LogP contribution >= 0.6 is 0 Å². The van der Waals surface area contributed by atoms with Crippen molar-refractivity contribution in [2.75, 3.05) is 5.32 Å². The Kier molecular flexibility index (Phi) is 3.28. The van der Waals surface area contributed by atoms with Gasteiger partial charge in [-0.3, -0.25) is 4.98 Å². The van der Waals surface area contributed by atoms with E-state index in [1.165, 1.54) is 0 Å². The Morgan fingerprint density at radius 2 is 1.90 bits per heavy atom. The van der Waals surface area contributed by atoms with Gasteiger partial charge in [0, 0.05) is 11.6 Å². The lowest BCUT2D eigenvalue weighted by atomic mass is 10.1. The zero-order valence-corrected chi connectivity index (χ0v) is 11.5. The number of hydrogen-bond acceptors (Lipinski definition) is 3. The lowest BCUT2D eigenvalue weighted by Crippen LogP contribution is -2.03. The van der Waals surface area contributed by atoms with Gasteiger partial charge >= 0.3 is 5.97 Å². The number of carbonyl (C=O) groups is 1. The van der Waals surface area contributed by atoms with Crippen molar-refractivity contribution in [1.29, 1.82) is 0 Å². The number of hydrogen-bond donors (Lipinski definition) is 2. The predicted octanol–water partition coefficient (Wildman–Crippen LogP) is 3.99. The minimum absolute atomic E-state index is 0.244. The second kappa shape index (κ2) is 5.25. The first-order valence-corrected chi connectivity index (χ1v) is 6.60. The van der Waals surface area contributed by atoms with Gasteiger partial charge in [0.05, 0.1) is 22.5 Å². The Hall–Kier alpha value is -2.88. The first kappa shape index (κ1) is 13.1. The van der Waals surface area contributed by atoms with E-state index >= 15 is 0 Å². The van der Waals surface area contributed by atoms with Gasteiger partial charge in [0.2, 0.25) is 0 Å². The van der Waals surface area contributed by atoms with E-state index in [9.17, 15) is 9.90 Å². The van der Waals surface area contributed by atoms with Gasteiger partial charge in [-0.05, 0) is 36.8 Å². The molecular weight excluding hydrogens is 264 g/mol. The van der Waals surface area contributed by atoms with Gasteiger partial charge in [-0.2, -0.15) is 0 Å². The summed E-state index contributed by atoms with van der Waals surface area (Å²) in [6, 6.07) is 14.9. The number of pyridine rings is 1. The second-order valence-electron chi connectivity index (χ2n) is 4.86. The van der Waals surface area contributed by atoms with Crippen LogP contribution in [0.25, 0.3) is 10.9 Å². The zero-order valence-electron chi connectivity index (χ0n) is 11.5. The van der Waals surface area contributed by atoms with Gasteiger partial charge < -0.3 is 10.4 Å². The minimum atomic E-state index is -0.953. The van der Waals surface area contributed by atoms with E-state index in [1.54, 1.807) is 18.3 Å². The maximum Gasteiger partial charge on any atom is 0.337 e. The summed E-state index contributed by atoms with van der Waals surface area (Å²) in [4.78, 5) is 15.7. The average Bonchev–Trinajstić information content (AvgIpc) is 2.47. The summed E-state index contributed by atoms with van der Waals surface area (Å²) in [5.74, 6) is -0.953. The minimum Gasteiger partial charge on any atom is -0.478 e. The maximum absolute atomic E-state index is 11.3. The van der Waals surface area contributed by atoms with E-state index in [0.717, 1.165) is 22.2 Å². The van der Waals surface area contributed by atoms with Crippen molar-refractivity contribution in [2.24, 2.45) is 0 Å². The second-order valence-corrected chi connectivity index (χ2v) is 4.86. The summed E-state index contributed by atoms with van der Waals surface area (Å²) >= 11 is 0. The van der Waals surface area contributed by atoms with Crippen LogP contribution in [-0.2, 0) is 0 Å².